The lowest BCUT2D eigenvalue weighted by Gasteiger charge is -2.11. The van der Waals surface area contributed by atoms with Gasteiger partial charge in [-0.3, -0.25) is 10.1 Å². The number of sulfonamides is 1. The maximum atomic E-state index is 12.5. The second-order valence-corrected chi connectivity index (χ2v) is 7.60. The van der Waals surface area contributed by atoms with Crippen LogP contribution in [0.3, 0.4) is 0 Å². The Morgan fingerprint density at radius 2 is 1.81 bits per heavy atom. The molecule has 2 aromatic carbocycles. The minimum atomic E-state index is -3.86. The first-order valence-electron chi connectivity index (χ1n) is 8.19. The number of hydrazone groups is 1. The number of ether oxygens (including phenoxy) is 1. The third-order valence-corrected chi connectivity index (χ3v) is 5.27. The predicted octanol–water partition coefficient (Wildman–Crippen LogP) is 3.23. The van der Waals surface area contributed by atoms with Gasteiger partial charge in [-0.1, -0.05) is 17.7 Å². The van der Waals surface area contributed by atoms with E-state index in [1.165, 1.54) is 18.3 Å². The van der Waals surface area contributed by atoms with Gasteiger partial charge in [0.15, 0.2) is 5.75 Å². The van der Waals surface area contributed by atoms with Crippen LogP contribution < -0.4 is 9.57 Å². The Balaban J connectivity index is 2.27. The van der Waals surface area contributed by atoms with Crippen molar-refractivity contribution in [3.8, 4) is 5.75 Å². The van der Waals surface area contributed by atoms with Gasteiger partial charge in [0.25, 0.3) is 10.0 Å². The van der Waals surface area contributed by atoms with Crippen molar-refractivity contribution in [1.82, 2.24) is 4.83 Å². The van der Waals surface area contributed by atoms with Crippen LogP contribution in [0.15, 0.2) is 40.3 Å². The lowest BCUT2D eigenvalue weighted by molar-refractivity contribution is -0.385. The zero-order valence-electron chi connectivity index (χ0n) is 15.5. The molecule has 2 rings (SSSR count). The van der Waals surface area contributed by atoms with Gasteiger partial charge in [0.05, 0.1) is 22.6 Å². The molecule has 2 aromatic rings. The summed E-state index contributed by atoms with van der Waals surface area (Å²) < 4.78 is 30.3. The fourth-order valence-electron chi connectivity index (χ4n) is 2.84. The van der Waals surface area contributed by atoms with Crippen LogP contribution in [0.4, 0.5) is 5.69 Å². The molecule has 0 atom stereocenters. The normalized spacial score (nSPS) is 11.6. The van der Waals surface area contributed by atoms with E-state index in [2.05, 4.69) is 9.93 Å². The molecule has 0 unspecified atom stereocenters. The predicted molar refractivity (Wildman–Crippen MR) is 103 cm³/mol. The summed E-state index contributed by atoms with van der Waals surface area (Å²) in [5.74, 6) is 0.145. The van der Waals surface area contributed by atoms with Gasteiger partial charge >= 0.3 is 5.69 Å². The third-order valence-electron chi connectivity index (χ3n) is 3.74. The third kappa shape index (κ3) is 4.82. The molecule has 0 amide bonds. The summed E-state index contributed by atoms with van der Waals surface area (Å²) >= 11 is 0. The van der Waals surface area contributed by atoms with Crippen LogP contribution in [0.25, 0.3) is 0 Å². The molecule has 9 heteroatoms. The molecule has 0 bridgehead atoms. The van der Waals surface area contributed by atoms with Gasteiger partial charge in [-0.05, 0) is 51.0 Å². The van der Waals surface area contributed by atoms with E-state index in [0.29, 0.717) is 23.3 Å². The van der Waals surface area contributed by atoms with Crippen LogP contribution in [0, 0.1) is 30.9 Å². The van der Waals surface area contributed by atoms with Crippen LogP contribution in [0.1, 0.15) is 29.2 Å². The molecule has 0 aliphatic carbocycles. The number of nitro benzene ring substituents is 1. The van der Waals surface area contributed by atoms with Gasteiger partial charge in [-0.15, -0.1) is 0 Å². The van der Waals surface area contributed by atoms with Gasteiger partial charge in [-0.2, -0.15) is 13.5 Å². The number of nitrogens with one attached hydrogen (secondary N) is 1. The SMILES string of the molecule is CCOc1ccc(/C=N/NS(=O)(=O)c2c(C)cc(C)cc2C)cc1[N+](=O)[O-]. The van der Waals surface area contributed by atoms with E-state index in [-0.39, 0.29) is 16.3 Å². The molecule has 0 heterocycles. The average molecular weight is 391 g/mol. The van der Waals surface area contributed by atoms with Crippen LogP contribution in [0.5, 0.6) is 5.75 Å². The van der Waals surface area contributed by atoms with E-state index >= 15 is 0 Å². The molecule has 1 N–H and O–H groups in total. The Hall–Kier alpha value is -2.94. The highest BCUT2D eigenvalue weighted by molar-refractivity contribution is 7.89. The minimum Gasteiger partial charge on any atom is -0.487 e. The van der Waals surface area contributed by atoms with Crippen LogP contribution in [-0.2, 0) is 10.0 Å². The summed E-state index contributed by atoms with van der Waals surface area (Å²) in [6, 6.07) is 7.83. The lowest BCUT2D eigenvalue weighted by Crippen LogP contribution is -2.20. The van der Waals surface area contributed by atoms with Crippen molar-refractivity contribution in [2.24, 2.45) is 5.10 Å². The Morgan fingerprint density at radius 1 is 1.19 bits per heavy atom. The summed E-state index contributed by atoms with van der Waals surface area (Å²) in [4.78, 5) is 12.9. The average Bonchev–Trinajstić information content (AvgIpc) is 2.54. The van der Waals surface area contributed by atoms with Crippen LogP contribution >= 0.6 is 0 Å². The van der Waals surface area contributed by atoms with E-state index in [4.69, 9.17) is 4.74 Å². The van der Waals surface area contributed by atoms with E-state index in [1.54, 1.807) is 39.0 Å². The molecule has 0 aromatic heterocycles. The second kappa shape index (κ2) is 8.17. The number of rotatable bonds is 7. The summed E-state index contributed by atoms with van der Waals surface area (Å²) in [7, 11) is -3.86. The van der Waals surface area contributed by atoms with Crippen molar-refractivity contribution in [2.75, 3.05) is 6.61 Å². The molecule has 0 aliphatic rings. The van der Waals surface area contributed by atoms with E-state index in [0.717, 1.165) is 5.56 Å². The molecule has 0 saturated carbocycles. The number of benzene rings is 2. The van der Waals surface area contributed by atoms with Crippen molar-refractivity contribution in [3.05, 3.63) is 62.7 Å². The number of hydrogen-bond donors (Lipinski definition) is 1. The number of aryl methyl sites for hydroxylation is 3. The maximum Gasteiger partial charge on any atom is 0.311 e. The Labute approximate surface area is 158 Å². The highest BCUT2D eigenvalue weighted by Gasteiger charge is 2.19. The first-order chi connectivity index (χ1) is 12.7. The summed E-state index contributed by atoms with van der Waals surface area (Å²) in [5.41, 5.74) is 2.35. The van der Waals surface area contributed by atoms with Crippen molar-refractivity contribution >= 4 is 21.9 Å². The molecule has 144 valence electrons. The Bertz CT molecular complexity index is 977. The van der Waals surface area contributed by atoms with Gasteiger partial charge in [-0.25, -0.2) is 4.83 Å². The fourth-order valence-corrected chi connectivity index (χ4v) is 4.09. The van der Waals surface area contributed by atoms with E-state index < -0.39 is 14.9 Å². The smallest absolute Gasteiger partial charge is 0.311 e. The van der Waals surface area contributed by atoms with Crippen LogP contribution in [0.2, 0.25) is 0 Å². The molecule has 0 radical (unpaired) electrons. The first-order valence-corrected chi connectivity index (χ1v) is 9.68. The molecule has 8 nitrogen and oxygen atoms in total. The summed E-state index contributed by atoms with van der Waals surface area (Å²) in [6.45, 7) is 7.34. The molecular weight excluding hydrogens is 370 g/mol. The highest BCUT2D eigenvalue weighted by Crippen LogP contribution is 2.27. The van der Waals surface area contributed by atoms with Crippen molar-refractivity contribution in [2.45, 2.75) is 32.6 Å². The van der Waals surface area contributed by atoms with Gasteiger partial charge in [0.2, 0.25) is 0 Å². The second-order valence-electron chi connectivity index (χ2n) is 6.00. The lowest BCUT2D eigenvalue weighted by atomic mass is 10.1. The molecule has 0 fully saturated rings. The summed E-state index contributed by atoms with van der Waals surface area (Å²) in [5, 5.41) is 14.9. The maximum absolute atomic E-state index is 12.5. The van der Waals surface area contributed by atoms with Gasteiger partial charge in [0.1, 0.15) is 0 Å². The molecular formula is C18H21N3O5S. The van der Waals surface area contributed by atoms with Crippen molar-refractivity contribution in [1.29, 1.82) is 0 Å². The molecule has 27 heavy (non-hydrogen) atoms. The number of nitrogens with zero attached hydrogens (tertiary/aromatic N) is 2. The highest BCUT2D eigenvalue weighted by atomic mass is 32.2. The number of hydrogen-bond acceptors (Lipinski definition) is 6. The first kappa shape index (κ1) is 20.4. The molecule has 0 spiro atoms. The Kier molecular flexibility index (Phi) is 6.17. The largest absolute Gasteiger partial charge is 0.487 e. The van der Waals surface area contributed by atoms with Crippen LogP contribution in [-0.4, -0.2) is 26.2 Å². The topological polar surface area (TPSA) is 111 Å². The van der Waals surface area contributed by atoms with Gasteiger partial charge < -0.3 is 4.74 Å². The number of nitro groups is 1. The fraction of sp³-hybridized carbons (Fsp3) is 0.278. The van der Waals surface area contributed by atoms with Crippen molar-refractivity contribution in [3.63, 3.8) is 0 Å². The molecule has 0 saturated heterocycles. The van der Waals surface area contributed by atoms with E-state index in [1.807, 2.05) is 6.92 Å². The van der Waals surface area contributed by atoms with Gasteiger partial charge in [0, 0.05) is 11.6 Å². The Morgan fingerprint density at radius 3 is 2.37 bits per heavy atom. The zero-order chi connectivity index (χ0) is 20.2. The molecule has 0 aliphatic heterocycles. The quantitative estimate of drug-likeness (QED) is 0.442. The summed E-state index contributed by atoms with van der Waals surface area (Å²) in [6.07, 6.45) is 1.21. The zero-order valence-corrected chi connectivity index (χ0v) is 16.3. The minimum absolute atomic E-state index is 0.145. The van der Waals surface area contributed by atoms with E-state index in [9.17, 15) is 18.5 Å². The monoisotopic (exact) mass is 391 g/mol. The van der Waals surface area contributed by atoms with Crippen molar-refractivity contribution < 1.29 is 18.1 Å². The standard InChI is InChI=1S/C18H21N3O5S/c1-5-26-17-7-6-15(10-16(17)21(22)23)11-19-20-27(24,25)18-13(3)8-12(2)9-14(18)4/h6-11,20H,5H2,1-4H3/b19-11+.